The average molecular weight is 373 g/mol. The van der Waals surface area contributed by atoms with Crippen LogP contribution >= 0.6 is 11.6 Å². The van der Waals surface area contributed by atoms with Gasteiger partial charge < -0.3 is 9.53 Å². The van der Waals surface area contributed by atoms with Crippen molar-refractivity contribution in [2.45, 2.75) is 44.9 Å². The predicted molar refractivity (Wildman–Crippen MR) is 106 cm³/mol. The summed E-state index contributed by atoms with van der Waals surface area (Å²) >= 11 is 6.48. The van der Waals surface area contributed by atoms with E-state index in [1.165, 1.54) is 7.11 Å². The van der Waals surface area contributed by atoms with Gasteiger partial charge in [0.15, 0.2) is 0 Å². The summed E-state index contributed by atoms with van der Waals surface area (Å²) in [4.78, 5) is 23.6. The summed E-state index contributed by atoms with van der Waals surface area (Å²) < 4.78 is 4.73. The van der Waals surface area contributed by atoms with Gasteiger partial charge >= 0.3 is 5.97 Å². The number of carbonyl (C=O) groups is 2. The Kier molecular flexibility index (Phi) is 6.98. The van der Waals surface area contributed by atoms with E-state index in [-0.39, 0.29) is 5.97 Å². The molecule has 138 valence electrons. The van der Waals surface area contributed by atoms with Crippen LogP contribution in [0, 0.1) is 0 Å². The summed E-state index contributed by atoms with van der Waals surface area (Å²) in [6.07, 6.45) is 4.43. The smallest absolute Gasteiger partial charge is 0.337 e. The van der Waals surface area contributed by atoms with Gasteiger partial charge in [0.05, 0.1) is 18.1 Å². The van der Waals surface area contributed by atoms with Gasteiger partial charge in [-0.05, 0) is 53.8 Å². The van der Waals surface area contributed by atoms with Gasteiger partial charge in [-0.15, -0.1) is 0 Å². The Labute approximate surface area is 160 Å². The van der Waals surface area contributed by atoms with Crippen molar-refractivity contribution >= 4 is 23.9 Å². The highest BCUT2D eigenvalue weighted by Gasteiger charge is 2.32. The van der Waals surface area contributed by atoms with Gasteiger partial charge in [-0.25, -0.2) is 4.79 Å². The van der Waals surface area contributed by atoms with Gasteiger partial charge in [0.1, 0.15) is 6.29 Å². The predicted octanol–water partition coefficient (Wildman–Crippen LogP) is 5.83. The summed E-state index contributed by atoms with van der Waals surface area (Å²) in [5.41, 5.74) is 2.77. The van der Waals surface area contributed by atoms with E-state index < -0.39 is 5.41 Å². The fraction of sp³-hybridized carbons (Fsp3) is 0.364. The average Bonchev–Trinajstić information content (AvgIpc) is 2.67. The Morgan fingerprint density at radius 2 is 1.62 bits per heavy atom. The first kappa shape index (κ1) is 20.2. The molecule has 0 aliphatic carbocycles. The van der Waals surface area contributed by atoms with Crippen LogP contribution < -0.4 is 0 Å². The van der Waals surface area contributed by atoms with Gasteiger partial charge in [-0.3, -0.25) is 0 Å². The number of esters is 1. The normalized spacial score (nSPS) is 11.2. The minimum absolute atomic E-state index is 0.362. The molecule has 4 heteroatoms. The Hall–Kier alpha value is -2.13. The Balaban J connectivity index is 2.49. The maximum Gasteiger partial charge on any atom is 0.337 e. The van der Waals surface area contributed by atoms with Crippen LogP contribution in [-0.4, -0.2) is 19.4 Å². The fourth-order valence-corrected chi connectivity index (χ4v) is 3.78. The van der Waals surface area contributed by atoms with E-state index in [0.717, 1.165) is 48.7 Å². The van der Waals surface area contributed by atoms with E-state index in [1.807, 2.05) is 30.3 Å². The number of halogens is 1. The van der Waals surface area contributed by atoms with Crippen molar-refractivity contribution in [1.82, 2.24) is 0 Å². The molecule has 0 amide bonds. The van der Waals surface area contributed by atoms with Crippen molar-refractivity contribution in [3.8, 4) is 11.1 Å². The van der Waals surface area contributed by atoms with Crippen molar-refractivity contribution < 1.29 is 14.3 Å². The van der Waals surface area contributed by atoms with E-state index in [2.05, 4.69) is 13.8 Å². The number of carbonyl (C=O) groups excluding carboxylic acids is 2. The molecule has 0 heterocycles. The summed E-state index contributed by atoms with van der Waals surface area (Å²) in [7, 11) is 1.36. The quantitative estimate of drug-likeness (QED) is 0.432. The van der Waals surface area contributed by atoms with Gasteiger partial charge in [0.25, 0.3) is 0 Å². The van der Waals surface area contributed by atoms with E-state index in [1.54, 1.807) is 12.1 Å². The van der Waals surface area contributed by atoms with Gasteiger partial charge in [-0.2, -0.15) is 0 Å². The van der Waals surface area contributed by atoms with Crippen LogP contribution in [0.25, 0.3) is 11.1 Å². The third-order valence-electron chi connectivity index (χ3n) is 4.76. The largest absolute Gasteiger partial charge is 0.465 e. The third-order valence-corrected chi connectivity index (χ3v) is 5.09. The highest BCUT2D eigenvalue weighted by atomic mass is 35.5. The van der Waals surface area contributed by atoms with Gasteiger partial charge in [0, 0.05) is 5.02 Å². The Bertz CT molecular complexity index is 759. The zero-order valence-electron chi connectivity index (χ0n) is 15.5. The zero-order valence-corrected chi connectivity index (χ0v) is 16.3. The molecule has 3 nitrogen and oxygen atoms in total. The van der Waals surface area contributed by atoms with Crippen molar-refractivity contribution in [3.63, 3.8) is 0 Å². The van der Waals surface area contributed by atoms with Gasteiger partial charge in [-0.1, -0.05) is 56.5 Å². The SMILES string of the molecule is CCCC(C=O)(CCC)c1cc(-c2ccc(C(=O)OC)cc2)ccc1Cl. The highest BCUT2D eigenvalue weighted by Crippen LogP contribution is 2.39. The molecular formula is C22H25ClO3. The van der Waals surface area contributed by atoms with E-state index in [9.17, 15) is 9.59 Å². The molecule has 0 unspecified atom stereocenters. The monoisotopic (exact) mass is 372 g/mol. The molecule has 0 aromatic heterocycles. The number of hydrogen-bond acceptors (Lipinski definition) is 3. The molecular weight excluding hydrogens is 348 g/mol. The molecule has 0 fully saturated rings. The van der Waals surface area contributed by atoms with Crippen molar-refractivity contribution in [3.05, 3.63) is 58.6 Å². The topological polar surface area (TPSA) is 43.4 Å². The number of ether oxygens (including phenoxy) is 1. The molecule has 0 aliphatic heterocycles. The number of hydrogen-bond donors (Lipinski definition) is 0. The molecule has 0 bridgehead atoms. The molecule has 0 atom stereocenters. The van der Waals surface area contributed by atoms with Crippen molar-refractivity contribution in [2.75, 3.05) is 7.11 Å². The molecule has 2 aromatic carbocycles. The lowest BCUT2D eigenvalue weighted by Crippen LogP contribution is -2.28. The molecule has 0 saturated carbocycles. The van der Waals surface area contributed by atoms with E-state index in [4.69, 9.17) is 16.3 Å². The molecule has 0 aliphatic rings. The van der Waals surface area contributed by atoms with Crippen molar-refractivity contribution in [1.29, 1.82) is 0 Å². The number of methoxy groups -OCH3 is 1. The third kappa shape index (κ3) is 4.16. The summed E-state index contributed by atoms with van der Waals surface area (Å²) in [6, 6.07) is 13.0. The minimum atomic E-state index is -0.553. The second kappa shape index (κ2) is 9.00. The summed E-state index contributed by atoms with van der Waals surface area (Å²) in [6.45, 7) is 4.16. The maximum atomic E-state index is 12.1. The second-order valence-electron chi connectivity index (χ2n) is 6.54. The van der Waals surface area contributed by atoms with Gasteiger partial charge in [0.2, 0.25) is 0 Å². The molecule has 2 rings (SSSR count). The molecule has 0 spiro atoms. The Morgan fingerprint density at radius 1 is 1.04 bits per heavy atom. The first-order valence-corrected chi connectivity index (χ1v) is 9.34. The molecule has 0 N–H and O–H groups in total. The lowest BCUT2D eigenvalue weighted by atomic mass is 9.74. The first-order valence-electron chi connectivity index (χ1n) is 8.96. The van der Waals surface area contributed by atoms with Crippen molar-refractivity contribution in [2.24, 2.45) is 0 Å². The van der Waals surface area contributed by atoms with Crippen LogP contribution in [-0.2, 0) is 14.9 Å². The summed E-state index contributed by atoms with van der Waals surface area (Å²) in [5.74, 6) is -0.362. The molecule has 0 radical (unpaired) electrons. The number of benzene rings is 2. The highest BCUT2D eigenvalue weighted by molar-refractivity contribution is 6.31. The van der Waals surface area contributed by atoms with Crippen LogP contribution in [0.3, 0.4) is 0 Å². The molecule has 2 aromatic rings. The Morgan fingerprint density at radius 3 is 2.12 bits per heavy atom. The first-order chi connectivity index (χ1) is 12.5. The van der Waals surface area contributed by atoms with Crippen LogP contribution in [0.2, 0.25) is 5.02 Å². The zero-order chi connectivity index (χ0) is 19.2. The second-order valence-corrected chi connectivity index (χ2v) is 6.94. The van der Waals surface area contributed by atoms with E-state index >= 15 is 0 Å². The number of aldehydes is 1. The van der Waals surface area contributed by atoms with Crippen LogP contribution in [0.4, 0.5) is 0 Å². The van der Waals surface area contributed by atoms with Crippen LogP contribution in [0.1, 0.15) is 55.5 Å². The molecule has 0 saturated heterocycles. The number of rotatable bonds is 8. The lowest BCUT2D eigenvalue weighted by Gasteiger charge is -2.29. The van der Waals surface area contributed by atoms with Crippen LogP contribution in [0.5, 0.6) is 0 Å². The van der Waals surface area contributed by atoms with Crippen LogP contribution in [0.15, 0.2) is 42.5 Å². The fourth-order valence-electron chi connectivity index (χ4n) is 3.47. The molecule has 26 heavy (non-hydrogen) atoms. The maximum absolute atomic E-state index is 12.1. The minimum Gasteiger partial charge on any atom is -0.465 e. The summed E-state index contributed by atoms with van der Waals surface area (Å²) in [5, 5.41) is 0.619. The van der Waals surface area contributed by atoms with E-state index in [0.29, 0.717) is 10.6 Å². The standard InChI is InChI=1S/C22H25ClO3/c1-4-12-22(15-24,13-5-2)19-14-18(10-11-20(19)23)16-6-8-17(9-7-16)21(25)26-3/h6-11,14-15H,4-5,12-13H2,1-3H3. The lowest BCUT2D eigenvalue weighted by molar-refractivity contribution is -0.113.